The van der Waals surface area contributed by atoms with E-state index in [2.05, 4.69) is 18.8 Å². The van der Waals surface area contributed by atoms with Gasteiger partial charge in [-0.05, 0) is 35.4 Å². The van der Waals surface area contributed by atoms with Crippen LogP contribution in [-0.2, 0) is 21.5 Å². The number of methoxy groups -OCH3 is 2. The Bertz CT molecular complexity index is 1290. The third-order valence-corrected chi connectivity index (χ3v) is 5.87. The zero-order valence-electron chi connectivity index (χ0n) is 19.8. The van der Waals surface area contributed by atoms with E-state index in [1.54, 1.807) is 25.3 Å². The van der Waals surface area contributed by atoms with Gasteiger partial charge in [-0.2, -0.15) is 0 Å². The van der Waals surface area contributed by atoms with Gasteiger partial charge in [0.05, 0.1) is 30.2 Å². The van der Waals surface area contributed by atoms with Crippen LogP contribution in [0.15, 0.2) is 66.7 Å². The SMILES string of the molecule is COCC(C)(C)c1[nH]c2ccc(F)c(OCc3ccccc3)c2c1-c1ccc(C(=O)OC)cc1. The Morgan fingerprint density at radius 2 is 1.68 bits per heavy atom. The number of hydrogen-bond acceptors (Lipinski definition) is 4. The Kier molecular flexibility index (Phi) is 6.70. The summed E-state index contributed by atoms with van der Waals surface area (Å²) < 4.78 is 31.5. The molecule has 3 aromatic carbocycles. The number of aromatic amines is 1. The van der Waals surface area contributed by atoms with Crippen LogP contribution in [0.3, 0.4) is 0 Å². The molecule has 0 spiro atoms. The number of rotatable bonds is 8. The highest BCUT2D eigenvalue weighted by atomic mass is 19.1. The van der Waals surface area contributed by atoms with Gasteiger partial charge < -0.3 is 19.2 Å². The van der Waals surface area contributed by atoms with Crippen molar-refractivity contribution < 1.29 is 23.4 Å². The molecule has 0 amide bonds. The van der Waals surface area contributed by atoms with Crippen LogP contribution >= 0.6 is 0 Å². The van der Waals surface area contributed by atoms with E-state index in [0.717, 1.165) is 27.9 Å². The summed E-state index contributed by atoms with van der Waals surface area (Å²) in [5, 5.41) is 0.654. The summed E-state index contributed by atoms with van der Waals surface area (Å²) in [6.45, 7) is 4.82. The van der Waals surface area contributed by atoms with Gasteiger partial charge >= 0.3 is 5.97 Å². The van der Waals surface area contributed by atoms with Gasteiger partial charge in [-0.3, -0.25) is 0 Å². The number of carbonyl (C=O) groups excluding carboxylic acids is 1. The first-order valence-corrected chi connectivity index (χ1v) is 11.0. The van der Waals surface area contributed by atoms with E-state index < -0.39 is 17.2 Å². The molecule has 0 aliphatic heterocycles. The van der Waals surface area contributed by atoms with Crippen LogP contribution in [-0.4, -0.2) is 31.8 Å². The number of carbonyl (C=O) groups is 1. The summed E-state index contributed by atoms with van der Waals surface area (Å²) in [5.41, 5.74) is 4.27. The van der Waals surface area contributed by atoms with Gasteiger partial charge in [0.1, 0.15) is 6.61 Å². The Labute approximate surface area is 198 Å². The molecular formula is C28H28FNO4. The maximum atomic E-state index is 15.2. The topological polar surface area (TPSA) is 60.5 Å². The van der Waals surface area contributed by atoms with Crippen molar-refractivity contribution >= 4 is 16.9 Å². The lowest BCUT2D eigenvalue weighted by atomic mass is 9.85. The van der Waals surface area contributed by atoms with Crippen LogP contribution in [0.25, 0.3) is 22.0 Å². The van der Waals surface area contributed by atoms with Gasteiger partial charge in [-0.25, -0.2) is 9.18 Å². The minimum atomic E-state index is -0.439. The van der Waals surface area contributed by atoms with Gasteiger partial charge in [0.15, 0.2) is 11.6 Å². The molecule has 0 aliphatic rings. The molecule has 4 rings (SSSR count). The normalized spacial score (nSPS) is 11.6. The third kappa shape index (κ3) is 4.54. The molecule has 0 bridgehead atoms. The molecule has 0 fully saturated rings. The number of aromatic nitrogens is 1. The molecule has 176 valence electrons. The maximum absolute atomic E-state index is 15.2. The van der Waals surface area contributed by atoms with E-state index in [4.69, 9.17) is 14.2 Å². The van der Waals surface area contributed by atoms with Crippen LogP contribution < -0.4 is 4.74 Å². The summed E-state index contributed by atoms with van der Waals surface area (Å²) in [5.74, 6) is -0.668. The monoisotopic (exact) mass is 461 g/mol. The second kappa shape index (κ2) is 9.69. The van der Waals surface area contributed by atoms with Crippen molar-refractivity contribution in [1.29, 1.82) is 0 Å². The predicted octanol–water partition coefficient (Wildman–Crippen LogP) is 6.26. The molecular weight excluding hydrogens is 433 g/mol. The van der Waals surface area contributed by atoms with Crippen molar-refractivity contribution in [3.05, 3.63) is 89.4 Å². The first-order valence-electron chi connectivity index (χ1n) is 11.0. The molecule has 0 saturated heterocycles. The van der Waals surface area contributed by atoms with Crippen molar-refractivity contribution in [3.63, 3.8) is 0 Å². The largest absolute Gasteiger partial charge is 0.485 e. The van der Waals surface area contributed by atoms with E-state index >= 15 is 4.39 Å². The molecule has 0 atom stereocenters. The third-order valence-electron chi connectivity index (χ3n) is 5.87. The molecule has 1 heterocycles. The molecule has 0 unspecified atom stereocenters. The number of fused-ring (bicyclic) bond motifs is 1. The molecule has 0 saturated carbocycles. The van der Waals surface area contributed by atoms with Gasteiger partial charge in [-0.1, -0.05) is 56.3 Å². The van der Waals surface area contributed by atoms with E-state index in [-0.39, 0.29) is 12.4 Å². The van der Waals surface area contributed by atoms with E-state index in [9.17, 15) is 4.79 Å². The minimum Gasteiger partial charge on any atom is -0.485 e. The van der Waals surface area contributed by atoms with E-state index in [1.807, 2.05) is 42.5 Å². The standard InChI is InChI=1S/C28H28FNO4/c1-28(2,17-32-3)26-23(19-10-12-20(13-11-19)27(31)33-4)24-22(30-26)15-14-21(29)25(24)34-16-18-8-6-5-7-9-18/h5-15,30H,16-17H2,1-4H3. The highest BCUT2D eigenvalue weighted by Gasteiger charge is 2.30. The smallest absolute Gasteiger partial charge is 0.337 e. The molecule has 1 aromatic heterocycles. The fourth-order valence-electron chi connectivity index (χ4n) is 4.22. The van der Waals surface area contributed by atoms with Crippen LogP contribution in [0.4, 0.5) is 4.39 Å². The summed E-state index contributed by atoms with van der Waals surface area (Å²) in [6, 6.07) is 19.9. The summed E-state index contributed by atoms with van der Waals surface area (Å²) >= 11 is 0. The number of hydrogen-bond donors (Lipinski definition) is 1. The lowest BCUT2D eigenvalue weighted by Gasteiger charge is -2.24. The van der Waals surface area contributed by atoms with Crippen molar-refractivity contribution in [1.82, 2.24) is 4.98 Å². The zero-order valence-corrected chi connectivity index (χ0v) is 19.8. The number of H-pyrrole nitrogens is 1. The maximum Gasteiger partial charge on any atom is 0.337 e. The summed E-state index contributed by atoms with van der Waals surface area (Å²) in [7, 11) is 3.00. The van der Waals surface area contributed by atoms with Crippen LogP contribution in [0, 0.1) is 5.82 Å². The molecule has 0 radical (unpaired) electrons. The molecule has 5 nitrogen and oxygen atoms in total. The minimum absolute atomic E-state index is 0.184. The highest BCUT2D eigenvalue weighted by Crippen LogP contribution is 2.44. The van der Waals surface area contributed by atoms with E-state index in [0.29, 0.717) is 17.6 Å². The van der Waals surface area contributed by atoms with Gasteiger partial charge in [0.25, 0.3) is 0 Å². The fraction of sp³-hybridized carbons (Fsp3) is 0.250. The summed E-state index contributed by atoms with van der Waals surface area (Å²) in [6.07, 6.45) is 0. The molecule has 4 aromatic rings. The molecule has 6 heteroatoms. The molecule has 34 heavy (non-hydrogen) atoms. The Balaban J connectivity index is 1.91. The van der Waals surface area contributed by atoms with Crippen molar-refractivity contribution in [3.8, 4) is 16.9 Å². The Hall–Kier alpha value is -3.64. The number of nitrogens with one attached hydrogen (secondary N) is 1. The highest BCUT2D eigenvalue weighted by molar-refractivity contribution is 6.02. The van der Waals surface area contributed by atoms with Crippen LogP contribution in [0.5, 0.6) is 5.75 Å². The van der Waals surface area contributed by atoms with Gasteiger partial charge in [-0.15, -0.1) is 0 Å². The van der Waals surface area contributed by atoms with Crippen molar-refractivity contribution in [2.24, 2.45) is 0 Å². The average Bonchev–Trinajstić information content (AvgIpc) is 3.24. The predicted molar refractivity (Wildman–Crippen MR) is 131 cm³/mol. The summed E-state index contributed by atoms with van der Waals surface area (Å²) in [4.78, 5) is 15.4. The average molecular weight is 462 g/mol. The first-order chi connectivity index (χ1) is 16.4. The van der Waals surface area contributed by atoms with Crippen molar-refractivity contribution in [2.45, 2.75) is 25.9 Å². The quantitative estimate of drug-likeness (QED) is 0.315. The number of halogens is 1. The molecule has 0 aliphatic carbocycles. The van der Waals surface area contributed by atoms with Crippen LogP contribution in [0.1, 0.15) is 35.5 Å². The van der Waals surface area contributed by atoms with Crippen molar-refractivity contribution in [2.75, 3.05) is 20.8 Å². The Morgan fingerprint density at radius 1 is 0.971 bits per heavy atom. The zero-order chi connectivity index (χ0) is 24.3. The first kappa shape index (κ1) is 23.5. The second-order valence-corrected chi connectivity index (χ2v) is 8.83. The number of ether oxygens (including phenoxy) is 3. The number of esters is 1. The van der Waals surface area contributed by atoms with Crippen LogP contribution in [0.2, 0.25) is 0 Å². The fourth-order valence-corrected chi connectivity index (χ4v) is 4.22. The molecule has 1 N–H and O–H groups in total. The van der Waals surface area contributed by atoms with Gasteiger partial charge in [0, 0.05) is 23.8 Å². The lowest BCUT2D eigenvalue weighted by Crippen LogP contribution is -2.24. The van der Waals surface area contributed by atoms with E-state index in [1.165, 1.54) is 13.2 Å². The number of benzene rings is 3. The second-order valence-electron chi connectivity index (χ2n) is 8.83. The van der Waals surface area contributed by atoms with Gasteiger partial charge in [0.2, 0.25) is 0 Å². The Morgan fingerprint density at radius 3 is 2.32 bits per heavy atom. The lowest BCUT2D eigenvalue weighted by molar-refractivity contribution is 0.0600.